The molecule has 1 aliphatic carbocycles. The Bertz CT molecular complexity index is 1700. The van der Waals surface area contributed by atoms with Gasteiger partial charge in [0, 0.05) is 41.7 Å². The predicted octanol–water partition coefficient (Wildman–Crippen LogP) is 4.24. The first kappa shape index (κ1) is 22.8. The van der Waals surface area contributed by atoms with Gasteiger partial charge in [-0.05, 0) is 29.7 Å². The van der Waals surface area contributed by atoms with Gasteiger partial charge < -0.3 is 9.64 Å². The van der Waals surface area contributed by atoms with Crippen LogP contribution in [0.5, 0.6) is 0 Å². The number of nitrogens with zero attached hydrogens (tertiary/aromatic N) is 5. The number of rotatable bonds is 1. The first-order valence-corrected chi connectivity index (χ1v) is 12.4. The second-order valence-electron chi connectivity index (χ2n) is 9.67. The van der Waals surface area contributed by atoms with Gasteiger partial charge in [0.1, 0.15) is 12.5 Å². The van der Waals surface area contributed by atoms with Crippen LogP contribution >= 0.6 is 0 Å². The van der Waals surface area contributed by atoms with Gasteiger partial charge in [0.15, 0.2) is 17.1 Å². The van der Waals surface area contributed by atoms with Crippen LogP contribution in [0.3, 0.4) is 0 Å². The molecule has 0 N–H and O–H groups in total. The highest BCUT2D eigenvalue weighted by atomic mass is 19.2. The molecule has 7 rings (SSSR count). The summed E-state index contributed by atoms with van der Waals surface area (Å²) >= 11 is 0. The lowest BCUT2D eigenvalue weighted by molar-refractivity contribution is 0.00327. The Morgan fingerprint density at radius 1 is 1.08 bits per heavy atom. The van der Waals surface area contributed by atoms with Gasteiger partial charge in [-0.1, -0.05) is 36.9 Å². The summed E-state index contributed by atoms with van der Waals surface area (Å²) in [5.74, 6) is -1.91. The molecule has 38 heavy (non-hydrogen) atoms. The van der Waals surface area contributed by atoms with Crippen molar-refractivity contribution >= 4 is 5.70 Å². The van der Waals surface area contributed by atoms with Crippen molar-refractivity contribution in [3.8, 4) is 22.4 Å². The largest absolute Gasteiger partial charge is 0.375 e. The molecule has 190 valence electrons. The summed E-state index contributed by atoms with van der Waals surface area (Å²) in [6.07, 6.45) is 4.39. The molecule has 0 saturated carbocycles. The topological polar surface area (TPSA) is 63.5 Å². The zero-order chi connectivity index (χ0) is 26.1. The lowest BCUT2D eigenvalue weighted by Crippen LogP contribution is -2.63. The van der Waals surface area contributed by atoms with E-state index in [4.69, 9.17) is 4.74 Å². The van der Waals surface area contributed by atoms with E-state index in [1.165, 1.54) is 12.4 Å². The molecule has 2 aliphatic heterocycles. The summed E-state index contributed by atoms with van der Waals surface area (Å²) in [7, 11) is 0. The van der Waals surface area contributed by atoms with Crippen LogP contribution in [0.2, 0.25) is 0 Å². The number of hydrogen-bond donors (Lipinski definition) is 0. The van der Waals surface area contributed by atoms with Crippen LogP contribution < -0.4 is 10.4 Å². The molecule has 2 atom stereocenters. The molecular formula is C29H23F2N5O2. The van der Waals surface area contributed by atoms with E-state index in [0.717, 1.165) is 22.9 Å². The normalized spacial score (nSPS) is 19.6. The molecule has 0 spiro atoms. The Kier molecular flexibility index (Phi) is 4.99. The summed E-state index contributed by atoms with van der Waals surface area (Å²) in [6.45, 7) is 7.57. The van der Waals surface area contributed by atoms with Gasteiger partial charge >= 0.3 is 0 Å². The number of benzene rings is 2. The highest BCUT2D eigenvalue weighted by Gasteiger charge is 2.44. The van der Waals surface area contributed by atoms with Gasteiger partial charge in [-0.25, -0.2) is 18.7 Å². The monoisotopic (exact) mass is 511 g/mol. The standard InChI is InChI=1S/C29H23F2N5O2/c1-16-23(37)9-10-35-28(16)17(2)34-11-12-38-14-24(34)36(35)29-19-6-4-3-5-18(19)21-13-32-15-33-27(21)25-20(29)7-8-22(30)26(25)31/h3-10,13,15,24,29H,2,11-12,14H2,1H3/t24-,29?/m1/s1. The molecule has 9 heteroatoms. The number of morpholine rings is 1. The Balaban J connectivity index is 1.60. The van der Waals surface area contributed by atoms with Crippen LogP contribution in [-0.4, -0.2) is 45.5 Å². The van der Waals surface area contributed by atoms with Gasteiger partial charge in [-0.15, -0.1) is 0 Å². The number of halogens is 2. The Hall–Kier alpha value is -4.37. The van der Waals surface area contributed by atoms with E-state index in [0.29, 0.717) is 47.8 Å². The Labute approximate surface area is 217 Å². The number of hydrogen-bond acceptors (Lipinski definition) is 6. The first-order valence-electron chi connectivity index (χ1n) is 12.4. The van der Waals surface area contributed by atoms with Gasteiger partial charge in [-0.2, -0.15) is 0 Å². The quantitative estimate of drug-likeness (QED) is 0.381. The van der Waals surface area contributed by atoms with Crippen molar-refractivity contribution in [3.05, 3.63) is 112 Å². The predicted molar refractivity (Wildman–Crippen MR) is 139 cm³/mol. The molecule has 3 aliphatic rings. The molecule has 1 unspecified atom stereocenters. The minimum Gasteiger partial charge on any atom is -0.375 e. The van der Waals surface area contributed by atoms with Gasteiger partial charge in [0.05, 0.1) is 36.3 Å². The fourth-order valence-corrected chi connectivity index (χ4v) is 6.06. The third kappa shape index (κ3) is 3.05. The molecule has 0 bridgehead atoms. The zero-order valence-corrected chi connectivity index (χ0v) is 20.6. The molecule has 0 radical (unpaired) electrons. The van der Waals surface area contributed by atoms with Crippen LogP contribution in [0.4, 0.5) is 8.78 Å². The van der Waals surface area contributed by atoms with Crippen molar-refractivity contribution in [2.24, 2.45) is 0 Å². The second kappa shape index (κ2) is 8.32. The van der Waals surface area contributed by atoms with Crippen LogP contribution in [-0.2, 0) is 4.74 Å². The minimum atomic E-state index is -0.963. The number of ether oxygens (including phenoxy) is 1. The number of fused-ring (bicyclic) bond motifs is 7. The average molecular weight is 512 g/mol. The summed E-state index contributed by atoms with van der Waals surface area (Å²) in [5, 5.41) is 2.09. The fraction of sp³-hybridized carbons (Fsp3) is 0.207. The van der Waals surface area contributed by atoms with E-state index in [9.17, 15) is 9.18 Å². The van der Waals surface area contributed by atoms with Crippen LogP contribution in [0, 0.1) is 18.6 Å². The van der Waals surface area contributed by atoms with Crippen molar-refractivity contribution in [3.63, 3.8) is 0 Å². The first-order chi connectivity index (χ1) is 18.5. The third-order valence-corrected chi connectivity index (χ3v) is 7.78. The lowest BCUT2D eigenvalue weighted by atomic mass is 9.92. The number of aromatic nitrogens is 3. The summed E-state index contributed by atoms with van der Waals surface area (Å²) < 4.78 is 38.4. The van der Waals surface area contributed by atoms with Crippen molar-refractivity contribution in [1.82, 2.24) is 19.5 Å². The fourth-order valence-electron chi connectivity index (χ4n) is 6.06. The SMILES string of the molecule is C=C1c2c(C)c(=O)ccn2N(C2c3ccccc3-c3cncnc3-c3c2ccc(F)c3F)[C@@H]2COCCN12. The van der Waals surface area contributed by atoms with Crippen LogP contribution in [0.1, 0.15) is 28.4 Å². The Morgan fingerprint density at radius 2 is 1.92 bits per heavy atom. The summed E-state index contributed by atoms with van der Waals surface area (Å²) in [5.41, 5.74) is 5.15. The molecule has 4 aromatic rings. The van der Waals surface area contributed by atoms with Gasteiger partial charge in [0.25, 0.3) is 0 Å². The maximum atomic E-state index is 15.8. The Morgan fingerprint density at radius 3 is 2.79 bits per heavy atom. The van der Waals surface area contributed by atoms with Gasteiger partial charge in [-0.3, -0.25) is 14.5 Å². The van der Waals surface area contributed by atoms with E-state index < -0.39 is 17.7 Å². The molecular weight excluding hydrogens is 488 g/mol. The molecule has 2 aromatic heterocycles. The average Bonchev–Trinajstić information content (AvgIpc) is 3.06. The van der Waals surface area contributed by atoms with E-state index in [-0.39, 0.29) is 17.2 Å². The number of pyridine rings is 1. The minimum absolute atomic E-state index is 0.0931. The van der Waals surface area contributed by atoms with Crippen molar-refractivity contribution < 1.29 is 13.5 Å². The molecule has 7 nitrogen and oxygen atoms in total. The van der Waals surface area contributed by atoms with E-state index in [1.807, 2.05) is 28.9 Å². The van der Waals surface area contributed by atoms with Crippen LogP contribution in [0.15, 0.2) is 72.6 Å². The van der Waals surface area contributed by atoms with Crippen molar-refractivity contribution in [1.29, 1.82) is 0 Å². The van der Waals surface area contributed by atoms with Gasteiger partial charge in [0.2, 0.25) is 0 Å². The molecule has 4 heterocycles. The smallest absolute Gasteiger partial charge is 0.185 e. The third-order valence-electron chi connectivity index (χ3n) is 7.78. The summed E-state index contributed by atoms with van der Waals surface area (Å²) in [6, 6.07) is 11.5. The summed E-state index contributed by atoms with van der Waals surface area (Å²) in [4.78, 5) is 23.5. The molecule has 2 aromatic carbocycles. The van der Waals surface area contributed by atoms with Crippen molar-refractivity contribution in [2.45, 2.75) is 19.1 Å². The van der Waals surface area contributed by atoms with E-state index >= 15 is 4.39 Å². The lowest BCUT2D eigenvalue weighted by Gasteiger charge is -2.53. The second-order valence-corrected chi connectivity index (χ2v) is 9.67. The maximum Gasteiger partial charge on any atom is 0.185 e. The van der Waals surface area contributed by atoms with Crippen molar-refractivity contribution in [2.75, 3.05) is 24.8 Å². The van der Waals surface area contributed by atoms with E-state index in [1.54, 1.807) is 25.4 Å². The molecule has 0 amide bonds. The zero-order valence-electron chi connectivity index (χ0n) is 20.6. The molecule has 1 fully saturated rings. The highest BCUT2D eigenvalue weighted by molar-refractivity contribution is 5.87. The molecule has 1 saturated heterocycles. The highest BCUT2D eigenvalue weighted by Crippen LogP contribution is 2.48. The van der Waals surface area contributed by atoms with E-state index in [2.05, 4.69) is 26.5 Å². The maximum absolute atomic E-state index is 15.8. The van der Waals surface area contributed by atoms with Crippen LogP contribution in [0.25, 0.3) is 28.1 Å².